The quantitative estimate of drug-likeness (QED) is 0.682. The molecule has 1 amide bonds. The van der Waals surface area contributed by atoms with Crippen LogP contribution in [-0.4, -0.2) is 41.3 Å². The normalized spacial score (nSPS) is 15.1. The lowest BCUT2D eigenvalue weighted by atomic mass is 10.3. The first-order chi connectivity index (χ1) is 13.4. The van der Waals surface area contributed by atoms with Gasteiger partial charge in [-0.15, -0.1) is 0 Å². The van der Waals surface area contributed by atoms with Gasteiger partial charge in [-0.25, -0.2) is 13.4 Å². The second kappa shape index (κ2) is 7.46. The molecule has 3 heterocycles. The Morgan fingerprint density at radius 1 is 1.14 bits per heavy atom. The minimum atomic E-state index is -3.66. The molecule has 0 spiro atoms. The summed E-state index contributed by atoms with van der Waals surface area (Å²) in [4.78, 5) is 28.8. The zero-order valence-electron chi connectivity index (χ0n) is 14.9. The second-order valence-corrected chi connectivity index (χ2v) is 9.45. The van der Waals surface area contributed by atoms with Crippen molar-refractivity contribution in [2.75, 3.05) is 18.4 Å². The SMILES string of the molecule is O=C(Cn1cc(S(=O)(=O)N2CCCC2)ccc1=O)Nc1nc2ccccc2s1. The van der Waals surface area contributed by atoms with E-state index in [9.17, 15) is 18.0 Å². The number of carbonyl (C=O) groups excluding carboxylic acids is 1. The summed E-state index contributed by atoms with van der Waals surface area (Å²) >= 11 is 1.33. The molecule has 1 fully saturated rings. The molecule has 10 heteroatoms. The highest BCUT2D eigenvalue weighted by Gasteiger charge is 2.27. The van der Waals surface area contributed by atoms with Crippen molar-refractivity contribution >= 4 is 42.6 Å². The Labute approximate surface area is 165 Å². The van der Waals surface area contributed by atoms with Crippen LogP contribution in [0.4, 0.5) is 5.13 Å². The molecule has 146 valence electrons. The molecule has 0 atom stereocenters. The molecule has 1 saturated heterocycles. The maximum absolute atomic E-state index is 12.7. The van der Waals surface area contributed by atoms with E-state index in [0.29, 0.717) is 18.2 Å². The number of para-hydroxylation sites is 1. The van der Waals surface area contributed by atoms with Gasteiger partial charge in [0.1, 0.15) is 6.54 Å². The van der Waals surface area contributed by atoms with Crippen LogP contribution in [0.3, 0.4) is 0 Å². The third-order valence-corrected chi connectivity index (χ3v) is 7.35. The van der Waals surface area contributed by atoms with Crippen LogP contribution in [0.1, 0.15) is 12.8 Å². The third-order valence-electron chi connectivity index (χ3n) is 4.51. The zero-order valence-corrected chi connectivity index (χ0v) is 16.5. The lowest BCUT2D eigenvalue weighted by molar-refractivity contribution is -0.116. The average Bonchev–Trinajstić information content (AvgIpc) is 3.32. The van der Waals surface area contributed by atoms with E-state index in [1.807, 2.05) is 24.3 Å². The van der Waals surface area contributed by atoms with E-state index in [2.05, 4.69) is 10.3 Å². The van der Waals surface area contributed by atoms with Gasteiger partial charge in [0.2, 0.25) is 15.9 Å². The number of rotatable bonds is 5. The molecule has 1 aliphatic heterocycles. The van der Waals surface area contributed by atoms with Crippen LogP contribution in [0.5, 0.6) is 0 Å². The number of fused-ring (bicyclic) bond motifs is 1. The number of thiazole rings is 1. The maximum Gasteiger partial charge on any atom is 0.251 e. The fourth-order valence-electron chi connectivity index (χ4n) is 3.10. The molecular formula is C18H18N4O4S2. The predicted octanol–water partition coefficient (Wildman–Crippen LogP) is 1.88. The van der Waals surface area contributed by atoms with Gasteiger partial charge in [-0.3, -0.25) is 9.59 Å². The zero-order chi connectivity index (χ0) is 19.7. The molecule has 28 heavy (non-hydrogen) atoms. The van der Waals surface area contributed by atoms with Crippen LogP contribution in [0.2, 0.25) is 0 Å². The highest BCUT2D eigenvalue weighted by Crippen LogP contribution is 2.25. The number of pyridine rings is 1. The van der Waals surface area contributed by atoms with Gasteiger partial charge in [0.15, 0.2) is 5.13 Å². The van der Waals surface area contributed by atoms with Crippen molar-refractivity contribution in [3.63, 3.8) is 0 Å². The molecule has 0 bridgehead atoms. The van der Waals surface area contributed by atoms with Crippen molar-refractivity contribution in [3.8, 4) is 0 Å². The minimum absolute atomic E-state index is 0.0155. The predicted molar refractivity (Wildman–Crippen MR) is 107 cm³/mol. The molecule has 0 unspecified atom stereocenters. The molecule has 4 rings (SSSR count). The first kappa shape index (κ1) is 18.8. The number of carbonyl (C=O) groups is 1. The maximum atomic E-state index is 12.7. The number of amides is 1. The largest absolute Gasteiger partial charge is 0.305 e. The number of benzene rings is 1. The van der Waals surface area contributed by atoms with Crippen molar-refractivity contribution in [3.05, 3.63) is 52.9 Å². The van der Waals surface area contributed by atoms with Crippen LogP contribution in [-0.2, 0) is 21.4 Å². The molecule has 2 aromatic heterocycles. The summed E-state index contributed by atoms with van der Waals surface area (Å²) < 4.78 is 28.8. The van der Waals surface area contributed by atoms with Crippen molar-refractivity contribution in [1.82, 2.24) is 13.9 Å². The van der Waals surface area contributed by atoms with E-state index in [1.165, 1.54) is 34.0 Å². The van der Waals surface area contributed by atoms with E-state index in [1.54, 1.807) is 0 Å². The van der Waals surface area contributed by atoms with E-state index in [-0.39, 0.29) is 11.4 Å². The summed E-state index contributed by atoms with van der Waals surface area (Å²) in [6.45, 7) is 0.650. The number of hydrogen-bond donors (Lipinski definition) is 1. The van der Waals surface area contributed by atoms with Gasteiger partial charge in [0, 0.05) is 25.4 Å². The molecule has 3 aromatic rings. The molecule has 0 radical (unpaired) electrons. The Hall–Kier alpha value is -2.56. The lowest BCUT2D eigenvalue weighted by Crippen LogP contribution is -2.31. The van der Waals surface area contributed by atoms with Gasteiger partial charge < -0.3 is 9.88 Å². The second-order valence-electron chi connectivity index (χ2n) is 6.48. The Morgan fingerprint density at radius 2 is 1.89 bits per heavy atom. The van der Waals surface area contributed by atoms with Gasteiger partial charge in [-0.2, -0.15) is 4.31 Å². The summed E-state index contributed by atoms with van der Waals surface area (Å²) in [6, 6.07) is 9.96. The van der Waals surface area contributed by atoms with Crippen LogP contribution in [0.25, 0.3) is 10.2 Å². The number of nitrogens with zero attached hydrogens (tertiary/aromatic N) is 3. The first-order valence-electron chi connectivity index (χ1n) is 8.79. The number of anilines is 1. The van der Waals surface area contributed by atoms with Crippen LogP contribution in [0.15, 0.2) is 52.3 Å². The summed E-state index contributed by atoms with van der Waals surface area (Å²) in [5.74, 6) is -0.447. The molecular weight excluding hydrogens is 400 g/mol. The molecule has 0 aliphatic carbocycles. The van der Waals surface area contributed by atoms with Crippen molar-refractivity contribution in [1.29, 1.82) is 0 Å². The summed E-state index contributed by atoms with van der Waals surface area (Å²) in [7, 11) is -3.66. The Morgan fingerprint density at radius 3 is 2.64 bits per heavy atom. The number of aromatic nitrogens is 2. The fourth-order valence-corrected chi connectivity index (χ4v) is 5.52. The highest BCUT2D eigenvalue weighted by molar-refractivity contribution is 7.89. The van der Waals surface area contributed by atoms with E-state index < -0.39 is 21.5 Å². The van der Waals surface area contributed by atoms with Gasteiger partial charge >= 0.3 is 0 Å². The van der Waals surface area contributed by atoms with Gasteiger partial charge in [-0.1, -0.05) is 23.5 Å². The molecule has 0 saturated carbocycles. The number of sulfonamides is 1. The summed E-state index contributed by atoms with van der Waals surface area (Å²) in [5.41, 5.74) is 0.332. The summed E-state index contributed by atoms with van der Waals surface area (Å²) in [5, 5.41) is 3.10. The van der Waals surface area contributed by atoms with E-state index >= 15 is 0 Å². The summed E-state index contributed by atoms with van der Waals surface area (Å²) in [6.07, 6.45) is 2.88. The standard InChI is InChI=1S/C18H18N4O4S2/c23-16(20-18-19-14-5-1-2-6-15(14)27-18)12-21-11-13(7-8-17(21)24)28(25,26)22-9-3-4-10-22/h1-2,5-8,11H,3-4,9-10,12H2,(H,19,20,23). The average molecular weight is 419 g/mol. The number of hydrogen-bond acceptors (Lipinski definition) is 6. The van der Waals surface area contributed by atoms with Crippen LogP contribution < -0.4 is 10.9 Å². The Bertz CT molecular complexity index is 1160. The van der Waals surface area contributed by atoms with E-state index in [4.69, 9.17) is 0 Å². The lowest BCUT2D eigenvalue weighted by Gasteiger charge is -2.16. The minimum Gasteiger partial charge on any atom is -0.305 e. The first-order valence-corrected chi connectivity index (χ1v) is 11.1. The molecule has 1 aliphatic rings. The van der Waals surface area contributed by atoms with Crippen molar-refractivity contribution < 1.29 is 13.2 Å². The molecule has 8 nitrogen and oxygen atoms in total. The third kappa shape index (κ3) is 3.71. The van der Waals surface area contributed by atoms with Crippen LogP contribution >= 0.6 is 11.3 Å². The monoisotopic (exact) mass is 418 g/mol. The fraction of sp³-hybridized carbons (Fsp3) is 0.278. The van der Waals surface area contributed by atoms with Gasteiger partial charge in [0.25, 0.3) is 5.56 Å². The van der Waals surface area contributed by atoms with Crippen molar-refractivity contribution in [2.24, 2.45) is 0 Å². The highest BCUT2D eigenvalue weighted by atomic mass is 32.2. The Balaban J connectivity index is 1.53. The molecule has 1 aromatic carbocycles. The van der Waals surface area contributed by atoms with Gasteiger partial charge in [0.05, 0.1) is 15.1 Å². The van der Waals surface area contributed by atoms with Gasteiger partial charge in [-0.05, 0) is 31.0 Å². The van der Waals surface area contributed by atoms with Crippen molar-refractivity contribution in [2.45, 2.75) is 24.3 Å². The number of nitrogens with one attached hydrogen (secondary N) is 1. The smallest absolute Gasteiger partial charge is 0.251 e. The topological polar surface area (TPSA) is 101 Å². The van der Waals surface area contributed by atoms with Crippen LogP contribution in [0, 0.1) is 0 Å². The van der Waals surface area contributed by atoms with E-state index in [0.717, 1.165) is 27.6 Å². The Kier molecular flexibility index (Phi) is 5.00. The molecule has 1 N–H and O–H groups in total.